The summed E-state index contributed by atoms with van der Waals surface area (Å²) in [6, 6.07) is 6.23. The van der Waals surface area contributed by atoms with Gasteiger partial charge in [-0.25, -0.2) is 4.98 Å². The molecular formula is C19H27N3O. The second-order valence-corrected chi connectivity index (χ2v) is 6.38. The maximum Gasteiger partial charge on any atom is 0.148 e. The first kappa shape index (κ1) is 16.2. The number of benzene rings is 1. The maximum absolute atomic E-state index is 6.09. The average Bonchev–Trinajstić information content (AvgIpc) is 3.03. The molecule has 124 valence electrons. The predicted octanol–water partition coefficient (Wildman–Crippen LogP) is 4.11. The highest BCUT2D eigenvalue weighted by Crippen LogP contribution is 2.36. The van der Waals surface area contributed by atoms with E-state index in [9.17, 15) is 0 Å². The summed E-state index contributed by atoms with van der Waals surface area (Å²) >= 11 is 0. The van der Waals surface area contributed by atoms with Gasteiger partial charge in [-0.3, -0.25) is 4.98 Å². The number of nitrogens with zero attached hydrogens (tertiary/aromatic N) is 3. The fourth-order valence-electron chi connectivity index (χ4n) is 3.63. The van der Waals surface area contributed by atoms with E-state index in [-0.39, 0.29) is 5.60 Å². The average molecular weight is 313 g/mol. The van der Waals surface area contributed by atoms with Crippen molar-refractivity contribution in [1.82, 2.24) is 9.97 Å². The summed E-state index contributed by atoms with van der Waals surface area (Å²) in [5, 5.41) is 0. The highest BCUT2D eigenvalue weighted by atomic mass is 16.5. The molecule has 2 fully saturated rings. The lowest BCUT2D eigenvalue weighted by molar-refractivity contribution is -0.0503. The lowest BCUT2D eigenvalue weighted by Crippen LogP contribution is -2.50. The topological polar surface area (TPSA) is 38.2 Å². The van der Waals surface area contributed by atoms with E-state index < -0.39 is 0 Å². The van der Waals surface area contributed by atoms with E-state index >= 15 is 0 Å². The molecule has 23 heavy (non-hydrogen) atoms. The largest absolute Gasteiger partial charge is 0.371 e. The van der Waals surface area contributed by atoms with Crippen LogP contribution in [0.15, 0.2) is 24.4 Å². The number of hydrogen-bond donors (Lipinski definition) is 0. The van der Waals surface area contributed by atoms with Crippen molar-refractivity contribution in [3.63, 3.8) is 0 Å². The zero-order valence-corrected chi connectivity index (χ0v) is 14.5. The molecule has 0 amide bonds. The molecule has 4 nitrogen and oxygen atoms in total. The number of rotatable bonds is 1. The molecule has 1 aliphatic carbocycles. The van der Waals surface area contributed by atoms with E-state index in [1.807, 2.05) is 26.1 Å². The normalized spacial score (nSPS) is 19.7. The zero-order valence-electron chi connectivity index (χ0n) is 14.5. The van der Waals surface area contributed by atoms with E-state index in [0.717, 1.165) is 36.5 Å². The van der Waals surface area contributed by atoms with Crippen LogP contribution in [-0.4, -0.2) is 35.3 Å². The monoisotopic (exact) mass is 313 g/mol. The number of hydrogen-bond acceptors (Lipinski definition) is 4. The maximum atomic E-state index is 6.09. The van der Waals surface area contributed by atoms with Gasteiger partial charge in [-0.15, -0.1) is 0 Å². The van der Waals surface area contributed by atoms with E-state index in [4.69, 9.17) is 9.72 Å². The molecule has 0 bridgehead atoms. The van der Waals surface area contributed by atoms with Crippen molar-refractivity contribution in [1.29, 1.82) is 0 Å². The van der Waals surface area contributed by atoms with Gasteiger partial charge in [0, 0.05) is 13.1 Å². The van der Waals surface area contributed by atoms with Gasteiger partial charge in [-0.2, -0.15) is 0 Å². The number of anilines is 1. The van der Waals surface area contributed by atoms with Crippen molar-refractivity contribution in [3.8, 4) is 0 Å². The Hall–Kier alpha value is -1.68. The minimum atomic E-state index is 0.0709. The second-order valence-electron chi connectivity index (χ2n) is 6.38. The SMILES string of the molecule is CC.Cc1ccc2ncc(N3CCOC4(CCCC4)C3)nc2c1. The number of morpholine rings is 1. The van der Waals surface area contributed by atoms with Crippen LogP contribution in [0.4, 0.5) is 5.82 Å². The van der Waals surface area contributed by atoms with Gasteiger partial charge in [-0.1, -0.05) is 32.8 Å². The second kappa shape index (κ2) is 6.83. The first-order chi connectivity index (χ1) is 11.2. The summed E-state index contributed by atoms with van der Waals surface area (Å²) in [6.45, 7) is 8.76. The van der Waals surface area contributed by atoms with Gasteiger partial charge in [0.1, 0.15) is 5.82 Å². The Kier molecular flexibility index (Phi) is 4.81. The van der Waals surface area contributed by atoms with Crippen molar-refractivity contribution < 1.29 is 4.74 Å². The Morgan fingerprint density at radius 1 is 1.13 bits per heavy atom. The highest BCUT2D eigenvalue weighted by Gasteiger charge is 2.39. The Labute approximate surface area is 138 Å². The van der Waals surface area contributed by atoms with Crippen LogP contribution in [0, 0.1) is 6.92 Å². The number of aromatic nitrogens is 2. The summed E-state index contributed by atoms with van der Waals surface area (Å²) in [5.74, 6) is 0.989. The van der Waals surface area contributed by atoms with Crippen LogP contribution < -0.4 is 4.90 Å². The molecule has 1 saturated carbocycles. The van der Waals surface area contributed by atoms with Crippen molar-refractivity contribution >= 4 is 16.9 Å². The molecule has 4 rings (SSSR count). The Morgan fingerprint density at radius 2 is 1.91 bits per heavy atom. The Balaban J connectivity index is 0.000000753. The first-order valence-electron chi connectivity index (χ1n) is 8.87. The van der Waals surface area contributed by atoms with Crippen LogP contribution >= 0.6 is 0 Å². The molecule has 2 heterocycles. The van der Waals surface area contributed by atoms with Crippen LogP contribution in [-0.2, 0) is 4.74 Å². The highest BCUT2D eigenvalue weighted by molar-refractivity contribution is 5.76. The third kappa shape index (κ3) is 3.32. The Morgan fingerprint density at radius 3 is 2.70 bits per heavy atom. The quantitative estimate of drug-likeness (QED) is 0.794. The van der Waals surface area contributed by atoms with Crippen molar-refractivity contribution in [2.75, 3.05) is 24.6 Å². The number of fused-ring (bicyclic) bond motifs is 1. The van der Waals surface area contributed by atoms with Crippen molar-refractivity contribution in [2.45, 2.75) is 52.1 Å². The molecule has 0 radical (unpaired) electrons. The van der Waals surface area contributed by atoms with Crippen molar-refractivity contribution in [2.24, 2.45) is 0 Å². The fourth-order valence-corrected chi connectivity index (χ4v) is 3.63. The standard InChI is InChI=1S/C17H21N3O.C2H6/c1-13-4-5-14-15(10-13)19-16(11-18-14)20-8-9-21-17(12-20)6-2-3-7-17;1-2/h4-5,10-11H,2-3,6-9,12H2,1H3;1-2H3. The van der Waals surface area contributed by atoms with E-state index in [1.165, 1.54) is 31.2 Å². The molecule has 2 aliphatic rings. The van der Waals surface area contributed by atoms with Gasteiger partial charge in [0.25, 0.3) is 0 Å². The number of aryl methyl sites for hydroxylation is 1. The van der Waals surface area contributed by atoms with Gasteiger partial charge in [0.2, 0.25) is 0 Å². The van der Waals surface area contributed by atoms with Gasteiger partial charge in [0.15, 0.2) is 0 Å². The van der Waals surface area contributed by atoms with Crippen LogP contribution in [0.25, 0.3) is 11.0 Å². The molecule has 0 N–H and O–H groups in total. The minimum Gasteiger partial charge on any atom is -0.371 e. The Bertz CT molecular complexity index is 665. The van der Waals surface area contributed by atoms with Crippen LogP contribution in [0.1, 0.15) is 45.1 Å². The molecule has 0 atom stereocenters. The molecular weight excluding hydrogens is 286 g/mol. The van der Waals surface area contributed by atoms with Gasteiger partial charge in [0.05, 0.1) is 29.4 Å². The molecule has 4 heteroatoms. The first-order valence-corrected chi connectivity index (χ1v) is 8.87. The van der Waals surface area contributed by atoms with Crippen LogP contribution in [0.2, 0.25) is 0 Å². The predicted molar refractivity (Wildman–Crippen MR) is 95.0 cm³/mol. The van der Waals surface area contributed by atoms with Gasteiger partial charge in [-0.05, 0) is 37.5 Å². The molecule has 1 saturated heterocycles. The van der Waals surface area contributed by atoms with Crippen LogP contribution in [0.5, 0.6) is 0 Å². The summed E-state index contributed by atoms with van der Waals surface area (Å²) in [6.07, 6.45) is 6.85. The summed E-state index contributed by atoms with van der Waals surface area (Å²) in [5.41, 5.74) is 3.25. The molecule has 1 aliphatic heterocycles. The van der Waals surface area contributed by atoms with E-state index in [0.29, 0.717) is 0 Å². The zero-order chi connectivity index (χ0) is 16.3. The third-order valence-corrected chi connectivity index (χ3v) is 4.77. The smallest absolute Gasteiger partial charge is 0.148 e. The third-order valence-electron chi connectivity index (χ3n) is 4.77. The summed E-state index contributed by atoms with van der Waals surface area (Å²) < 4.78 is 6.09. The van der Waals surface area contributed by atoms with Gasteiger partial charge < -0.3 is 9.64 Å². The molecule has 1 spiro atoms. The van der Waals surface area contributed by atoms with E-state index in [2.05, 4.69) is 28.9 Å². The lowest BCUT2D eigenvalue weighted by atomic mass is 10.00. The van der Waals surface area contributed by atoms with Crippen molar-refractivity contribution in [3.05, 3.63) is 30.0 Å². The van der Waals surface area contributed by atoms with Crippen LogP contribution in [0.3, 0.4) is 0 Å². The summed E-state index contributed by atoms with van der Waals surface area (Å²) in [4.78, 5) is 11.7. The minimum absolute atomic E-state index is 0.0709. The fraction of sp³-hybridized carbons (Fsp3) is 0.579. The molecule has 1 aromatic heterocycles. The van der Waals surface area contributed by atoms with Gasteiger partial charge >= 0.3 is 0 Å². The van der Waals surface area contributed by atoms with E-state index in [1.54, 1.807) is 0 Å². The molecule has 0 unspecified atom stereocenters. The lowest BCUT2D eigenvalue weighted by Gasteiger charge is -2.41. The summed E-state index contributed by atoms with van der Waals surface area (Å²) in [7, 11) is 0. The number of ether oxygens (including phenoxy) is 1. The molecule has 1 aromatic carbocycles. The molecule has 2 aromatic rings.